The maximum absolute atomic E-state index is 11.8. The predicted octanol–water partition coefficient (Wildman–Crippen LogP) is 1.73. The Morgan fingerprint density at radius 1 is 1.35 bits per heavy atom. The van der Waals surface area contributed by atoms with Crippen LogP contribution in [-0.2, 0) is 16.0 Å². The molecule has 0 aromatic carbocycles. The first-order valence-corrected chi connectivity index (χ1v) is 6.96. The van der Waals surface area contributed by atoms with E-state index >= 15 is 0 Å². The van der Waals surface area contributed by atoms with Crippen molar-refractivity contribution in [2.75, 3.05) is 18.9 Å². The highest BCUT2D eigenvalue weighted by molar-refractivity contribution is 7.16. The SMILES string of the molecule is CCc1c(C)sc(NC(=O)CN(C)C(C)=O)c1C(=O)O. The van der Waals surface area contributed by atoms with Gasteiger partial charge in [-0.2, -0.15) is 0 Å². The van der Waals surface area contributed by atoms with Crippen LogP contribution in [0.3, 0.4) is 0 Å². The van der Waals surface area contributed by atoms with Gasteiger partial charge < -0.3 is 15.3 Å². The monoisotopic (exact) mass is 298 g/mol. The minimum absolute atomic E-state index is 0.104. The Morgan fingerprint density at radius 2 is 1.95 bits per heavy atom. The third kappa shape index (κ3) is 3.57. The molecule has 0 saturated carbocycles. The zero-order chi connectivity index (χ0) is 15.4. The van der Waals surface area contributed by atoms with Crippen LogP contribution in [0.15, 0.2) is 0 Å². The number of carbonyl (C=O) groups is 3. The lowest BCUT2D eigenvalue weighted by Gasteiger charge is -2.14. The van der Waals surface area contributed by atoms with Crippen molar-refractivity contribution in [3.63, 3.8) is 0 Å². The fourth-order valence-corrected chi connectivity index (χ4v) is 2.96. The first-order chi connectivity index (χ1) is 9.27. The lowest BCUT2D eigenvalue weighted by molar-refractivity contribution is -0.131. The number of carbonyl (C=O) groups excluding carboxylic acids is 2. The molecular formula is C13H18N2O4S. The molecule has 1 aromatic heterocycles. The van der Waals surface area contributed by atoms with Crippen molar-refractivity contribution in [3.05, 3.63) is 16.0 Å². The fourth-order valence-electron chi connectivity index (χ4n) is 1.81. The van der Waals surface area contributed by atoms with Gasteiger partial charge in [0.05, 0.1) is 12.1 Å². The summed E-state index contributed by atoms with van der Waals surface area (Å²) in [5.74, 6) is -1.69. The first-order valence-electron chi connectivity index (χ1n) is 6.15. The number of thiophene rings is 1. The van der Waals surface area contributed by atoms with Crippen molar-refractivity contribution in [3.8, 4) is 0 Å². The molecule has 7 heteroatoms. The summed E-state index contributed by atoms with van der Waals surface area (Å²) in [5.41, 5.74) is 0.881. The summed E-state index contributed by atoms with van der Waals surface area (Å²) in [4.78, 5) is 36.3. The summed E-state index contributed by atoms with van der Waals surface area (Å²) in [5, 5.41) is 12.2. The molecule has 0 atom stereocenters. The summed E-state index contributed by atoms with van der Waals surface area (Å²) in [6.07, 6.45) is 0.590. The van der Waals surface area contributed by atoms with E-state index in [-0.39, 0.29) is 18.0 Å². The van der Waals surface area contributed by atoms with Crippen LogP contribution in [0.1, 0.15) is 34.6 Å². The summed E-state index contributed by atoms with van der Waals surface area (Å²) >= 11 is 1.24. The number of likely N-dealkylation sites (N-methyl/N-ethyl adjacent to an activating group) is 1. The lowest BCUT2D eigenvalue weighted by Crippen LogP contribution is -2.33. The predicted molar refractivity (Wildman–Crippen MR) is 77.3 cm³/mol. The molecule has 1 aromatic rings. The van der Waals surface area contributed by atoms with Crippen LogP contribution in [0.5, 0.6) is 0 Å². The number of anilines is 1. The molecule has 20 heavy (non-hydrogen) atoms. The van der Waals surface area contributed by atoms with E-state index < -0.39 is 11.9 Å². The van der Waals surface area contributed by atoms with Crippen LogP contribution >= 0.6 is 11.3 Å². The van der Waals surface area contributed by atoms with E-state index in [4.69, 9.17) is 0 Å². The highest BCUT2D eigenvalue weighted by atomic mass is 32.1. The molecule has 0 spiro atoms. The van der Waals surface area contributed by atoms with Gasteiger partial charge in [0.1, 0.15) is 5.00 Å². The number of hydrogen-bond acceptors (Lipinski definition) is 4. The number of carboxylic acid groups (broad SMARTS) is 1. The third-order valence-corrected chi connectivity index (χ3v) is 4.01. The third-order valence-electron chi connectivity index (χ3n) is 2.95. The van der Waals surface area contributed by atoms with Gasteiger partial charge in [0.15, 0.2) is 0 Å². The van der Waals surface area contributed by atoms with Gasteiger partial charge in [-0.15, -0.1) is 11.3 Å². The first kappa shape index (κ1) is 16.2. The van der Waals surface area contributed by atoms with Crippen molar-refractivity contribution in [1.82, 2.24) is 4.90 Å². The van der Waals surface area contributed by atoms with Gasteiger partial charge in [0.25, 0.3) is 0 Å². The minimum atomic E-state index is -1.05. The molecule has 2 N–H and O–H groups in total. The molecular weight excluding hydrogens is 280 g/mol. The van der Waals surface area contributed by atoms with Crippen LogP contribution in [0, 0.1) is 6.92 Å². The van der Waals surface area contributed by atoms with E-state index in [0.29, 0.717) is 11.4 Å². The fraction of sp³-hybridized carbons (Fsp3) is 0.462. The quantitative estimate of drug-likeness (QED) is 0.866. The number of aryl methyl sites for hydroxylation is 1. The zero-order valence-electron chi connectivity index (χ0n) is 11.9. The van der Waals surface area contributed by atoms with Crippen LogP contribution in [0.25, 0.3) is 0 Å². The van der Waals surface area contributed by atoms with E-state index in [9.17, 15) is 19.5 Å². The number of nitrogens with one attached hydrogen (secondary N) is 1. The molecule has 0 aliphatic carbocycles. The molecule has 0 unspecified atom stereocenters. The normalized spacial score (nSPS) is 10.2. The zero-order valence-corrected chi connectivity index (χ0v) is 12.8. The minimum Gasteiger partial charge on any atom is -0.478 e. The van der Waals surface area contributed by atoms with Gasteiger partial charge in [-0.05, 0) is 18.9 Å². The second-order valence-corrected chi connectivity index (χ2v) is 5.65. The van der Waals surface area contributed by atoms with Gasteiger partial charge in [-0.25, -0.2) is 4.79 Å². The van der Waals surface area contributed by atoms with Crippen molar-refractivity contribution in [2.45, 2.75) is 27.2 Å². The van der Waals surface area contributed by atoms with Gasteiger partial charge in [0.2, 0.25) is 11.8 Å². The maximum atomic E-state index is 11.8. The average Bonchev–Trinajstić information content (AvgIpc) is 2.64. The number of hydrogen-bond donors (Lipinski definition) is 2. The second kappa shape index (κ2) is 6.51. The topological polar surface area (TPSA) is 86.7 Å². The maximum Gasteiger partial charge on any atom is 0.339 e. The molecule has 2 amide bonds. The second-order valence-electron chi connectivity index (χ2n) is 4.42. The van der Waals surface area contributed by atoms with E-state index in [1.807, 2.05) is 13.8 Å². The van der Waals surface area contributed by atoms with Crippen molar-refractivity contribution in [2.24, 2.45) is 0 Å². The Labute approximate surface area is 121 Å². The summed E-state index contributed by atoms with van der Waals surface area (Å²) in [7, 11) is 1.51. The molecule has 110 valence electrons. The van der Waals surface area contributed by atoms with E-state index in [1.54, 1.807) is 0 Å². The van der Waals surface area contributed by atoms with Gasteiger partial charge >= 0.3 is 5.97 Å². The van der Waals surface area contributed by atoms with Crippen LogP contribution < -0.4 is 5.32 Å². The Kier molecular flexibility index (Phi) is 5.26. The number of amides is 2. The Bertz CT molecular complexity index is 551. The largest absolute Gasteiger partial charge is 0.478 e. The standard InChI is InChI=1S/C13H18N2O4S/c1-5-9-7(2)20-12(11(9)13(18)19)14-10(17)6-15(4)8(3)16/h5-6H2,1-4H3,(H,14,17)(H,18,19). The molecule has 1 heterocycles. The molecule has 0 bridgehead atoms. The number of aromatic carboxylic acids is 1. The summed E-state index contributed by atoms with van der Waals surface area (Å²) in [6.45, 7) is 4.96. The van der Waals surface area contributed by atoms with Crippen molar-refractivity contribution >= 4 is 34.1 Å². The van der Waals surface area contributed by atoms with Crippen molar-refractivity contribution < 1.29 is 19.5 Å². The van der Waals surface area contributed by atoms with Gasteiger partial charge in [-0.3, -0.25) is 9.59 Å². The molecule has 0 radical (unpaired) electrons. The van der Waals surface area contributed by atoms with Crippen molar-refractivity contribution in [1.29, 1.82) is 0 Å². The van der Waals surface area contributed by atoms with Crippen LogP contribution in [0.4, 0.5) is 5.00 Å². The smallest absolute Gasteiger partial charge is 0.339 e. The van der Waals surface area contributed by atoms with Gasteiger partial charge in [0, 0.05) is 18.8 Å². The lowest BCUT2D eigenvalue weighted by atomic mass is 10.1. The Hall–Kier alpha value is -1.89. The summed E-state index contributed by atoms with van der Waals surface area (Å²) in [6, 6.07) is 0. The highest BCUT2D eigenvalue weighted by Crippen LogP contribution is 2.33. The summed E-state index contributed by atoms with van der Waals surface area (Å²) < 4.78 is 0. The molecule has 1 rings (SSSR count). The number of nitrogens with zero attached hydrogens (tertiary/aromatic N) is 1. The van der Waals surface area contributed by atoms with E-state index in [2.05, 4.69) is 5.32 Å². The van der Waals surface area contributed by atoms with E-state index in [0.717, 1.165) is 10.4 Å². The molecule has 0 aliphatic heterocycles. The van der Waals surface area contributed by atoms with Gasteiger partial charge in [-0.1, -0.05) is 6.92 Å². The highest BCUT2D eigenvalue weighted by Gasteiger charge is 2.22. The average molecular weight is 298 g/mol. The van der Waals surface area contributed by atoms with E-state index in [1.165, 1.54) is 30.2 Å². The number of rotatable bonds is 5. The molecule has 6 nitrogen and oxygen atoms in total. The Balaban J connectivity index is 2.95. The number of carboxylic acids is 1. The van der Waals surface area contributed by atoms with Crippen LogP contribution in [0.2, 0.25) is 0 Å². The molecule has 0 aliphatic rings. The Morgan fingerprint density at radius 3 is 2.40 bits per heavy atom. The molecule has 0 fully saturated rings. The van der Waals surface area contributed by atoms with Crippen LogP contribution in [-0.4, -0.2) is 41.4 Å². The molecule has 0 saturated heterocycles.